The standard InChI is InChI=1S/C48H38N4O2/c49-37-23-31-43(32-24-37)53-47-17-9-7-15-45(47)51(39-11-3-1-4-12-39)41-27-19-35(20-28-41)36-21-29-42(30-22-36)52(40-13-5-2-6-14-40)46-16-8-10-18-48(46)54-44-33-25-38(50)26-34-44/h1-34H,49-50H2. The van der Waals surface area contributed by atoms with E-state index in [4.69, 9.17) is 20.9 Å². The summed E-state index contributed by atoms with van der Waals surface area (Å²) in [7, 11) is 0. The van der Waals surface area contributed by atoms with Gasteiger partial charge in [-0.3, -0.25) is 0 Å². The fourth-order valence-corrected chi connectivity index (χ4v) is 6.40. The molecule has 0 aromatic heterocycles. The van der Waals surface area contributed by atoms with Crippen LogP contribution in [0.25, 0.3) is 11.1 Å². The summed E-state index contributed by atoms with van der Waals surface area (Å²) in [5, 5.41) is 0. The summed E-state index contributed by atoms with van der Waals surface area (Å²) in [5.41, 5.74) is 21.3. The zero-order valence-electron chi connectivity index (χ0n) is 29.5. The van der Waals surface area contributed by atoms with Crippen molar-refractivity contribution in [3.8, 4) is 34.1 Å². The number of nitrogens with two attached hydrogens (primary N) is 2. The molecule has 0 amide bonds. The molecule has 0 saturated heterocycles. The Labute approximate surface area is 315 Å². The minimum atomic E-state index is 0.690. The van der Waals surface area contributed by atoms with E-state index < -0.39 is 0 Å². The van der Waals surface area contributed by atoms with Crippen LogP contribution in [0.5, 0.6) is 23.0 Å². The first kappa shape index (κ1) is 33.7. The minimum Gasteiger partial charge on any atom is -0.455 e. The van der Waals surface area contributed by atoms with Crippen molar-refractivity contribution in [2.45, 2.75) is 0 Å². The lowest BCUT2D eigenvalue weighted by Gasteiger charge is -2.28. The van der Waals surface area contributed by atoms with Crippen molar-refractivity contribution < 1.29 is 9.47 Å². The van der Waals surface area contributed by atoms with Gasteiger partial charge in [-0.05, 0) is 132 Å². The lowest BCUT2D eigenvalue weighted by Crippen LogP contribution is -2.11. The summed E-state index contributed by atoms with van der Waals surface area (Å²) >= 11 is 0. The number of nitrogen functional groups attached to an aromatic ring is 2. The van der Waals surface area contributed by atoms with E-state index in [0.717, 1.165) is 56.8 Å². The Hall–Kier alpha value is -7.44. The Bertz CT molecular complexity index is 2260. The second-order valence-electron chi connectivity index (χ2n) is 12.7. The molecule has 0 heterocycles. The third-order valence-corrected chi connectivity index (χ3v) is 9.04. The average molecular weight is 703 g/mol. The van der Waals surface area contributed by atoms with Crippen molar-refractivity contribution in [1.29, 1.82) is 0 Å². The van der Waals surface area contributed by atoms with Gasteiger partial charge < -0.3 is 30.7 Å². The molecule has 262 valence electrons. The first-order valence-corrected chi connectivity index (χ1v) is 17.7. The fourth-order valence-electron chi connectivity index (χ4n) is 6.40. The second-order valence-corrected chi connectivity index (χ2v) is 12.7. The third-order valence-electron chi connectivity index (χ3n) is 9.04. The molecular weight excluding hydrogens is 665 g/mol. The van der Waals surface area contributed by atoms with E-state index >= 15 is 0 Å². The zero-order chi connectivity index (χ0) is 36.7. The molecule has 6 nitrogen and oxygen atoms in total. The highest BCUT2D eigenvalue weighted by Gasteiger charge is 2.19. The summed E-state index contributed by atoms with van der Waals surface area (Å²) in [6, 6.07) is 68.9. The first-order chi connectivity index (χ1) is 26.6. The summed E-state index contributed by atoms with van der Waals surface area (Å²) in [5.74, 6) is 2.89. The van der Waals surface area contributed by atoms with Gasteiger partial charge in [0.1, 0.15) is 11.5 Å². The van der Waals surface area contributed by atoms with E-state index in [2.05, 4.69) is 94.7 Å². The molecule has 0 fully saturated rings. The number of rotatable bonds is 11. The number of anilines is 8. The Balaban J connectivity index is 1.11. The Morgan fingerprint density at radius 2 is 0.611 bits per heavy atom. The van der Waals surface area contributed by atoms with Gasteiger partial charge in [0, 0.05) is 34.1 Å². The van der Waals surface area contributed by atoms with Crippen LogP contribution in [0, 0.1) is 0 Å². The fraction of sp³-hybridized carbons (Fsp3) is 0. The second kappa shape index (κ2) is 15.4. The van der Waals surface area contributed by atoms with Gasteiger partial charge in [0.15, 0.2) is 11.5 Å². The lowest BCUT2D eigenvalue weighted by molar-refractivity contribution is 0.483. The maximum atomic E-state index is 6.40. The van der Waals surface area contributed by atoms with Crippen LogP contribution in [0.1, 0.15) is 0 Å². The van der Waals surface area contributed by atoms with E-state index in [0.29, 0.717) is 22.9 Å². The molecule has 0 aliphatic heterocycles. The number of para-hydroxylation sites is 6. The minimum absolute atomic E-state index is 0.690. The Morgan fingerprint density at radius 3 is 0.981 bits per heavy atom. The predicted octanol–water partition coefficient (Wildman–Crippen LogP) is 13.0. The molecule has 6 heteroatoms. The van der Waals surface area contributed by atoms with Crippen LogP contribution >= 0.6 is 0 Å². The third kappa shape index (κ3) is 7.45. The molecule has 8 rings (SSSR count). The summed E-state index contributed by atoms with van der Waals surface area (Å²) in [6.45, 7) is 0. The number of benzene rings is 8. The number of hydrogen-bond donors (Lipinski definition) is 2. The highest BCUT2D eigenvalue weighted by molar-refractivity contribution is 5.83. The van der Waals surface area contributed by atoms with Crippen LogP contribution < -0.4 is 30.7 Å². The van der Waals surface area contributed by atoms with Gasteiger partial charge in [0.2, 0.25) is 0 Å². The van der Waals surface area contributed by atoms with E-state index in [1.54, 1.807) is 0 Å². The Morgan fingerprint density at radius 1 is 0.296 bits per heavy atom. The van der Waals surface area contributed by atoms with E-state index in [-0.39, 0.29) is 0 Å². The van der Waals surface area contributed by atoms with Gasteiger partial charge in [-0.25, -0.2) is 0 Å². The Kier molecular flexibility index (Phi) is 9.63. The SMILES string of the molecule is Nc1ccc(Oc2ccccc2N(c2ccccc2)c2ccc(-c3ccc(N(c4ccccc4)c4ccccc4Oc4ccc(N)cc4)cc3)cc2)cc1. The topological polar surface area (TPSA) is 77.0 Å². The van der Waals surface area contributed by atoms with Gasteiger partial charge in [-0.2, -0.15) is 0 Å². The van der Waals surface area contributed by atoms with Crippen LogP contribution in [0.15, 0.2) is 206 Å². The smallest absolute Gasteiger partial charge is 0.151 e. The molecule has 8 aromatic carbocycles. The molecule has 4 N–H and O–H groups in total. The normalized spacial score (nSPS) is 10.7. The molecule has 0 spiro atoms. The molecule has 8 aromatic rings. The van der Waals surface area contributed by atoms with Crippen LogP contribution in [-0.2, 0) is 0 Å². The van der Waals surface area contributed by atoms with Crippen LogP contribution in [0.3, 0.4) is 0 Å². The van der Waals surface area contributed by atoms with E-state index in [1.165, 1.54) is 0 Å². The quantitative estimate of drug-likeness (QED) is 0.131. The predicted molar refractivity (Wildman–Crippen MR) is 223 cm³/mol. The first-order valence-electron chi connectivity index (χ1n) is 17.7. The zero-order valence-corrected chi connectivity index (χ0v) is 29.5. The maximum absolute atomic E-state index is 6.40. The van der Waals surface area contributed by atoms with Crippen molar-refractivity contribution in [3.05, 3.63) is 206 Å². The molecular formula is C48H38N4O2. The van der Waals surface area contributed by atoms with Gasteiger partial charge in [0.25, 0.3) is 0 Å². The van der Waals surface area contributed by atoms with E-state index in [9.17, 15) is 0 Å². The lowest BCUT2D eigenvalue weighted by atomic mass is 10.0. The molecule has 0 saturated carbocycles. The molecule has 0 aliphatic carbocycles. The van der Waals surface area contributed by atoms with Gasteiger partial charge in [-0.1, -0.05) is 84.9 Å². The number of nitrogens with zero attached hydrogens (tertiary/aromatic N) is 2. The highest BCUT2D eigenvalue weighted by atomic mass is 16.5. The van der Waals surface area contributed by atoms with Gasteiger partial charge >= 0.3 is 0 Å². The molecule has 0 radical (unpaired) electrons. The van der Waals surface area contributed by atoms with Crippen molar-refractivity contribution in [2.75, 3.05) is 21.3 Å². The number of ether oxygens (including phenoxy) is 2. The van der Waals surface area contributed by atoms with Crippen molar-refractivity contribution in [2.24, 2.45) is 0 Å². The van der Waals surface area contributed by atoms with Crippen molar-refractivity contribution in [3.63, 3.8) is 0 Å². The van der Waals surface area contributed by atoms with Gasteiger partial charge in [0.05, 0.1) is 11.4 Å². The summed E-state index contributed by atoms with van der Waals surface area (Å²) < 4.78 is 12.8. The van der Waals surface area contributed by atoms with Crippen LogP contribution in [-0.4, -0.2) is 0 Å². The highest BCUT2D eigenvalue weighted by Crippen LogP contribution is 2.44. The van der Waals surface area contributed by atoms with Crippen molar-refractivity contribution in [1.82, 2.24) is 0 Å². The van der Waals surface area contributed by atoms with Crippen LogP contribution in [0.2, 0.25) is 0 Å². The summed E-state index contributed by atoms with van der Waals surface area (Å²) in [4.78, 5) is 4.42. The maximum Gasteiger partial charge on any atom is 0.151 e. The molecule has 0 atom stereocenters. The monoisotopic (exact) mass is 702 g/mol. The molecule has 0 unspecified atom stereocenters. The largest absolute Gasteiger partial charge is 0.455 e. The molecule has 0 aliphatic rings. The van der Waals surface area contributed by atoms with Crippen LogP contribution in [0.4, 0.5) is 45.5 Å². The van der Waals surface area contributed by atoms with Gasteiger partial charge in [-0.15, -0.1) is 0 Å². The molecule has 0 bridgehead atoms. The van der Waals surface area contributed by atoms with Crippen molar-refractivity contribution >= 4 is 45.5 Å². The summed E-state index contributed by atoms with van der Waals surface area (Å²) in [6.07, 6.45) is 0. The number of hydrogen-bond acceptors (Lipinski definition) is 6. The van der Waals surface area contributed by atoms with E-state index in [1.807, 2.05) is 121 Å². The average Bonchev–Trinajstić information content (AvgIpc) is 3.22. The molecule has 54 heavy (non-hydrogen) atoms.